The maximum absolute atomic E-state index is 12.7. The van der Waals surface area contributed by atoms with E-state index in [2.05, 4.69) is 9.97 Å². The number of carbonyl (C=O) groups excluding carboxylic acids is 1. The fourth-order valence-corrected chi connectivity index (χ4v) is 2.49. The number of alkyl halides is 3. The van der Waals surface area contributed by atoms with Crippen LogP contribution in [0.5, 0.6) is 0 Å². The van der Waals surface area contributed by atoms with Gasteiger partial charge in [-0.05, 0) is 13.3 Å². The molecule has 2 rings (SSSR count). The molecule has 0 saturated heterocycles. The molecule has 0 aliphatic heterocycles. The van der Waals surface area contributed by atoms with Crippen molar-refractivity contribution in [1.82, 2.24) is 9.97 Å². The lowest BCUT2D eigenvalue weighted by Gasteiger charge is -2.20. The third kappa shape index (κ3) is 3.60. The van der Waals surface area contributed by atoms with E-state index in [1.54, 1.807) is 19.2 Å². The summed E-state index contributed by atoms with van der Waals surface area (Å²) in [4.78, 5) is 20.7. The second kappa shape index (κ2) is 5.84. The zero-order valence-corrected chi connectivity index (χ0v) is 12.1. The zero-order chi connectivity index (χ0) is 15.6. The SMILES string of the molecule is CCc1ncoc1C(=O)N(CC(F)(F)F)c1nc(C)cs1. The highest BCUT2D eigenvalue weighted by molar-refractivity contribution is 7.14. The van der Waals surface area contributed by atoms with Gasteiger partial charge in [0, 0.05) is 5.38 Å². The molecule has 21 heavy (non-hydrogen) atoms. The number of thiazole rings is 1. The Bertz CT molecular complexity index is 636. The molecule has 0 radical (unpaired) electrons. The van der Waals surface area contributed by atoms with Gasteiger partial charge in [-0.3, -0.25) is 9.69 Å². The van der Waals surface area contributed by atoms with Gasteiger partial charge in [-0.1, -0.05) is 6.92 Å². The van der Waals surface area contributed by atoms with Gasteiger partial charge in [-0.25, -0.2) is 9.97 Å². The lowest BCUT2D eigenvalue weighted by Crippen LogP contribution is -2.39. The Kier molecular flexibility index (Phi) is 4.31. The van der Waals surface area contributed by atoms with Crippen LogP contribution in [0.2, 0.25) is 0 Å². The molecule has 0 unspecified atom stereocenters. The summed E-state index contributed by atoms with van der Waals surface area (Å²) in [6.07, 6.45) is -3.11. The summed E-state index contributed by atoms with van der Waals surface area (Å²) in [5.74, 6) is -1.08. The van der Waals surface area contributed by atoms with Gasteiger partial charge in [0.05, 0.1) is 11.4 Å². The van der Waals surface area contributed by atoms with Crippen molar-refractivity contribution in [3.05, 3.63) is 28.9 Å². The topological polar surface area (TPSA) is 59.2 Å². The molecule has 0 aliphatic carbocycles. The molecule has 1 amide bonds. The molecule has 0 atom stereocenters. The van der Waals surface area contributed by atoms with Crippen LogP contribution in [0, 0.1) is 6.92 Å². The quantitative estimate of drug-likeness (QED) is 0.868. The van der Waals surface area contributed by atoms with Crippen LogP contribution in [0.15, 0.2) is 16.2 Å². The standard InChI is InChI=1S/C12H12F3N3O2S/c1-3-8-9(20-6-16-8)10(19)18(5-12(13,14)15)11-17-7(2)4-21-11/h4,6H,3,5H2,1-2H3. The van der Waals surface area contributed by atoms with Crippen LogP contribution in [-0.4, -0.2) is 28.6 Å². The fourth-order valence-electron chi connectivity index (χ4n) is 1.69. The largest absolute Gasteiger partial charge is 0.438 e. The number of hydrogen-bond donors (Lipinski definition) is 0. The third-order valence-corrected chi connectivity index (χ3v) is 3.57. The number of aryl methyl sites for hydroxylation is 2. The van der Waals surface area contributed by atoms with Crippen LogP contribution in [0.4, 0.5) is 18.3 Å². The predicted molar refractivity (Wildman–Crippen MR) is 70.5 cm³/mol. The molecule has 9 heteroatoms. The number of carbonyl (C=O) groups is 1. The van der Waals surface area contributed by atoms with Crippen molar-refractivity contribution in [3.63, 3.8) is 0 Å². The second-order valence-electron chi connectivity index (χ2n) is 4.26. The van der Waals surface area contributed by atoms with Gasteiger partial charge in [-0.2, -0.15) is 13.2 Å². The van der Waals surface area contributed by atoms with Crippen molar-refractivity contribution in [2.45, 2.75) is 26.4 Å². The van der Waals surface area contributed by atoms with Gasteiger partial charge >= 0.3 is 6.18 Å². The van der Waals surface area contributed by atoms with E-state index in [-0.39, 0.29) is 10.9 Å². The van der Waals surface area contributed by atoms with E-state index in [9.17, 15) is 18.0 Å². The summed E-state index contributed by atoms with van der Waals surface area (Å²) in [6, 6.07) is 0. The second-order valence-corrected chi connectivity index (χ2v) is 5.10. The van der Waals surface area contributed by atoms with E-state index in [1.807, 2.05) is 0 Å². The van der Waals surface area contributed by atoms with E-state index in [4.69, 9.17) is 4.42 Å². The van der Waals surface area contributed by atoms with Gasteiger partial charge in [0.15, 0.2) is 11.5 Å². The highest BCUT2D eigenvalue weighted by Gasteiger charge is 2.37. The minimum absolute atomic E-state index is 0.0201. The molecule has 0 bridgehead atoms. The van der Waals surface area contributed by atoms with Crippen molar-refractivity contribution >= 4 is 22.4 Å². The van der Waals surface area contributed by atoms with Crippen molar-refractivity contribution in [1.29, 1.82) is 0 Å². The van der Waals surface area contributed by atoms with E-state index in [0.717, 1.165) is 17.7 Å². The van der Waals surface area contributed by atoms with E-state index >= 15 is 0 Å². The Morgan fingerprint density at radius 3 is 2.71 bits per heavy atom. The number of halogens is 3. The minimum Gasteiger partial charge on any atom is -0.438 e. The first kappa shape index (κ1) is 15.5. The summed E-state index contributed by atoms with van der Waals surface area (Å²) in [5.41, 5.74) is 0.865. The van der Waals surface area contributed by atoms with Crippen molar-refractivity contribution in [3.8, 4) is 0 Å². The average molecular weight is 319 g/mol. The molecule has 2 heterocycles. The van der Waals surface area contributed by atoms with Crippen LogP contribution < -0.4 is 4.90 Å². The number of oxazole rings is 1. The number of hydrogen-bond acceptors (Lipinski definition) is 5. The molecule has 0 aromatic carbocycles. The molecular formula is C12H12F3N3O2S. The Hall–Kier alpha value is -1.90. The van der Waals surface area contributed by atoms with Gasteiger partial charge in [-0.15, -0.1) is 11.3 Å². The molecule has 2 aromatic rings. The lowest BCUT2D eigenvalue weighted by molar-refractivity contribution is -0.118. The van der Waals surface area contributed by atoms with Crippen molar-refractivity contribution in [2.75, 3.05) is 11.4 Å². The maximum atomic E-state index is 12.7. The Morgan fingerprint density at radius 1 is 1.48 bits per heavy atom. The number of aromatic nitrogens is 2. The molecule has 0 spiro atoms. The minimum atomic E-state index is -4.54. The predicted octanol–water partition coefficient (Wildman–Crippen LogP) is 3.21. The summed E-state index contributed by atoms with van der Waals surface area (Å²) >= 11 is 0.969. The van der Waals surface area contributed by atoms with Gasteiger partial charge < -0.3 is 4.42 Å². The summed E-state index contributed by atoms with van der Waals surface area (Å²) in [6.45, 7) is 1.95. The van der Waals surface area contributed by atoms with Crippen LogP contribution in [0.25, 0.3) is 0 Å². The normalized spacial score (nSPS) is 11.7. The number of amides is 1. The van der Waals surface area contributed by atoms with Crippen LogP contribution in [0.3, 0.4) is 0 Å². The molecule has 114 valence electrons. The molecule has 2 aromatic heterocycles. The summed E-state index contributed by atoms with van der Waals surface area (Å²) in [5, 5.41) is 1.56. The van der Waals surface area contributed by atoms with Crippen LogP contribution in [-0.2, 0) is 6.42 Å². The summed E-state index contributed by atoms with van der Waals surface area (Å²) < 4.78 is 43.1. The van der Waals surface area contributed by atoms with E-state index < -0.39 is 18.6 Å². The van der Waals surface area contributed by atoms with Crippen molar-refractivity contribution < 1.29 is 22.4 Å². The van der Waals surface area contributed by atoms with E-state index in [0.29, 0.717) is 22.7 Å². The Morgan fingerprint density at radius 2 is 2.19 bits per heavy atom. The number of rotatable bonds is 4. The Labute approximate surface area is 122 Å². The Balaban J connectivity index is 2.37. The molecule has 0 aliphatic rings. The number of nitrogens with zero attached hydrogens (tertiary/aromatic N) is 3. The van der Waals surface area contributed by atoms with Crippen LogP contribution in [0.1, 0.15) is 28.9 Å². The average Bonchev–Trinajstić information content (AvgIpc) is 3.02. The molecule has 0 N–H and O–H groups in total. The molecule has 0 fully saturated rings. The number of anilines is 1. The zero-order valence-electron chi connectivity index (χ0n) is 11.3. The molecular weight excluding hydrogens is 307 g/mol. The van der Waals surface area contributed by atoms with Gasteiger partial charge in [0.25, 0.3) is 5.91 Å². The third-order valence-electron chi connectivity index (χ3n) is 2.59. The van der Waals surface area contributed by atoms with Gasteiger partial charge in [0.2, 0.25) is 5.76 Å². The summed E-state index contributed by atoms with van der Waals surface area (Å²) in [7, 11) is 0. The van der Waals surface area contributed by atoms with Gasteiger partial charge in [0.1, 0.15) is 6.54 Å². The highest BCUT2D eigenvalue weighted by Crippen LogP contribution is 2.27. The molecule has 5 nitrogen and oxygen atoms in total. The maximum Gasteiger partial charge on any atom is 0.406 e. The fraction of sp³-hybridized carbons (Fsp3) is 0.417. The first-order valence-corrected chi connectivity index (χ1v) is 6.93. The van der Waals surface area contributed by atoms with E-state index in [1.165, 1.54) is 0 Å². The highest BCUT2D eigenvalue weighted by atomic mass is 32.1. The smallest absolute Gasteiger partial charge is 0.406 e. The first-order chi connectivity index (χ1) is 9.81. The van der Waals surface area contributed by atoms with Crippen LogP contribution >= 0.6 is 11.3 Å². The van der Waals surface area contributed by atoms with Crippen molar-refractivity contribution in [2.24, 2.45) is 0 Å². The monoisotopic (exact) mass is 319 g/mol. The first-order valence-electron chi connectivity index (χ1n) is 6.05. The molecule has 0 saturated carbocycles. The lowest BCUT2D eigenvalue weighted by atomic mass is 10.2.